The Hall–Kier alpha value is -2.04. The van der Waals surface area contributed by atoms with E-state index >= 15 is 0 Å². The number of hydrogen-bond acceptors (Lipinski definition) is 3. The quantitative estimate of drug-likeness (QED) is 0.742. The lowest BCUT2D eigenvalue weighted by Gasteiger charge is -2.18. The van der Waals surface area contributed by atoms with Crippen LogP contribution in [0.2, 0.25) is 0 Å². The number of nitrogens with zero attached hydrogens (tertiary/aromatic N) is 1. The van der Waals surface area contributed by atoms with Crippen LogP contribution in [-0.2, 0) is 4.79 Å². The summed E-state index contributed by atoms with van der Waals surface area (Å²) in [5.41, 5.74) is 0.141. The van der Waals surface area contributed by atoms with Gasteiger partial charge in [-0.25, -0.2) is 4.79 Å². The number of aromatic carboxylic acids is 1. The van der Waals surface area contributed by atoms with Crippen molar-refractivity contribution in [3.63, 3.8) is 0 Å². The largest absolute Gasteiger partial charge is 0.493 e. The molecule has 1 aromatic rings. The summed E-state index contributed by atoms with van der Waals surface area (Å²) in [6.45, 7) is 5.63. The highest BCUT2D eigenvalue weighted by Crippen LogP contribution is 2.18. The first-order valence-corrected chi connectivity index (χ1v) is 6.83. The van der Waals surface area contributed by atoms with Gasteiger partial charge in [0.25, 0.3) is 0 Å². The second-order valence-corrected chi connectivity index (χ2v) is 4.32. The van der Waals surface area contributed by atoms with Gasteiger partial charge in [0.15, 0.2) is 0 Å². The predicted octanol–water partition coefficient (Wildman–Crippen LogP) is 2.41. The van der Waals surface area contributed by atoms with Gasteiger partial charge in [-0.3, -0.25) is 4.79 Å². The first-order chi connectivity index (χ1) is 9.60. The van der Waals surface area contributed by atoms with Gasteiger partial charge in [-0.15, -0.1) is 0 Å². The molecule has 0 unspecified atom stereocenters. The fraction of sp³-hybridized carbons (Fsp3) is 0.467. The highest BCUT2D eigenvalue weighted by atomic mass is 16.5. The highest BCUT2D eigenvalue weighted by molar-refractivity contribution is 5.90. The Labute approximate surface area is 119 Å². The second kappa shape index (κ2) is 8.19. The van der Waals surface area contributed by atoms with Crippen LogP contribution in [0.5, 0.6) is 5.75 Å². The van der Waals surface area contributed by atoms with Gasteiger partial charge in [0.1, 0.15) is 11.3 Å². The Bertz CT molecular complexity index is 455. The van der Waals surface area contributed by atoms with Crippen molar-refractivity contribution >= 4 is 11.9 Å². The fourth-order valence-corrected chi connectivity index (χ4v) is 1.91. The van der Waals surface area contributed by atoms with E-state index in [4.69, 9.17) is 9.84 Å². The lowest BCUT2D eigenvalue weighted by Crippen LogP contribution is -2.30. The third kappa shape index (κ3) is 4.57. The number of carboxylic acids is 1. The van der Waals surface area contributed by atoms with Crippen LogP contribution in [0.25, 0.3) is 0 Å². The van der Waals surface area contributed by atoms with Crippen LogP contribution in [-0.4, -0.2) is 41.6 Å². The summed E-state index contributed by atoms with van der Waals surface area (Å²) in [5, 5.41) is 9.01. The zero-order valence-electron chi connectivity index (χ0n) is 12.0. The smallest absolute Gasteiger partial charge is 0.339 e. The molecule has 0 heterocycles. The van der Waals surface area contributed by atoms with E-state index in [0.717, 1.165) is 0 Å². The molecule has 0 aliphatic carbocycles. The van der Waals surface area contributed by atoms with Gasteiger partial charge in [-0.1, -0.05) is 12.1 Å². The molecule has 0 aromatic heterocycles. The molecule has 1 rings (SSSR count). The first kappa shape index (κ1) is 16.0. The molecule has 0 atom stereocenters. The Morgan fingerprint density at radius 1 is 1.20 bits per heavy atom. The number of carbonyl (C=O) groups is 2. The number of benzene rings is 1. The summed E-state index contributed by atoms with van der Waals surface area (Å²) in [7, 11) is 0. The van der Waals surface area contributed by atoms with Crippen molar-refractivity contribution < 1.29 is 19.4 Å². The normalized spacial score (nSPS) is 10.1. The molecule has 0 aliphatic heterocycles. The average Bonchev–Trinajstić information content (AvgIpc) is 2.45. The minimum absolute atomic E-state index is 0.102. The van der Waals surface area contributed by atoms with Crippen molar-refractivity contribution in [2.45, 2.75) is 26.7 Å². The predicted molar refractivity (Wildman–Crippen MR) is 76.1 cm³/mol. The van der Waals surface area contributed by atoms with Gasteiger partial charge in [0.2, 0.25) is 5.91 Å². The van der Waals surface area contributed by atoms with Gasteiger partial charge in [0, 0.05) is 19.5 Å². The monoisotopic (exact) mass is 279 g/mol. The van der Waals surface area contributed by atoms with Crippen molar-refractivity contribution in [1.29, 1.82) is 0 Å². The fourth-order valence-electron chi connectivity index (χ4n) is 1.91. The standard InChI is InChI=1S/C15H21NO4/c1-3-16(4-2)14(17)10-7-11-20-13-9-6-5-8-12(13)15(18)19/h5-6,8-9H,3-4,7,10-11H2,1-2H3,(H,18,19). The molecular formula is C15H21NO4. The Kier molecular flexibility index (Phi) is 6.56. The van der Waals surface area contributed by atoms with Crippen LogP contribution in [0, 0.1) is 0 Å². The van der Waals surface area contributed by atoms with Crippen molar-refractivity contribution in [3.05, 3.63) is 29.8 Å². The summed E-state index contributed by atoms with van der Waals surface area (Å²) >= 11 is 0. The van der Waals surface area contributed by atoms with E-state index in [2.05, 4.69) is 0 Å². The van der Waals surface area contributed by atoms with E-state index < -0.39 is 5.97 Å². The number of carboxylic acid groups (broad SMARTS) is 1. The molecule has 0 fully saturated rings. The maximum absolute atomic E-state index is 11.8. The van der Waals surface area contributed by atoms with E-state index in [0.29, 0.717) is 38.3 Å². The van der Waals surface area contributed by atoms with E-state index in [1.165, 1.54) is 6.07 Å². The number of para-hydroxylation sites is 1. The Balaban J connectivity index is 2.42. The van der Waals surface area contributed by atoms with Crippen molar-refractivity contribution in [1.82, 2.24) is 4.90 Å². The van der Waals surface area contributed by atoms with Crippen LogP contribution in [0.1, 0.15) is 37.0 Å². The number of carbonyl (C=O) groups excluding carboxylic acids is 1. The van der Waals surface area contributed by atoms with Gasteiger partial charge < -0.3 is 14.7 Å². The first-order valence-electron chi connectivity index (χ1n) is 6.83. The summed E-state index contributed by atoms with van der Waals surface area (Å²) in [4.78, 5) is 24.5. The molecule has 20 heavy (non-hydrogen) atoms. The highest BCUT2D eigenvalue weighted by Gasteiger charge is 2.11. The van der Waals surface area contributed by atoms with Crippen LogP contribution < -0.4 is 4.74 Å². The van der Waals surface area contributed by atoms with Crippen LogP contribution in [0.15, 0.2) is 24.3 Å². The van der Waals surface area contributed by atoms with E-state index in [-0.39, 0.29) is 11.5 Å². The van der Waals surface area contributed by atoms with E-state index in [9.17, 15) is 9.59 Å². The second-order valence-electron chi connectivity index (χ2n) is 4.32. The molecule has 0 bridgehead atoms. The number of rotatable bonds is 8. The molecule has 0 saturated carbocycles. The van der Waals surface area contributed by atoms with Crippen molar-refractivity contribution in [2.75, 3.05) is 19.7 Å². The summed E-state index contributed by atoms with van der Waals surface area (Å²) in [6, 6.07) is 6.50. The average molecular weight is 279 g/mol. The molecule has 0 spiro atoms. The van der Waals surface area contributed by atoms with Gasteiger partial charge >= 0.3 is 5.97 Å². The molecule has 0 radical (unpaired) electrons. The Morgan fingerprint density at radius 2 is 1.85 bits per heavy atom. The number of ether oxygens (including phenoxy) is 1. The van der Waals surface area contributed by atoms with E-state index in [1.54, 1.807) is 23.1 Å². The van der Waals surface area contributed by atoms with E-state index in [1.807, 2.05) is 13.8 Å². The van der Waals surface area contributed by atoms with Crippen LogP contribution in [0.3, 0.4) is 0 Å². The van der Waals surface area contributed by atoms with Gasteiger partial charge in [-0.05, 0) is 32.4 Å². The summed E-state index contributed by atoms with van der Waals surface area (Å²) in [6.07, 6.45) is 0.986. The molecule has 0 aliphatic rings. The molecule has 5 nitrogen and oxygen atoms in total. The van der Waals surface area contributed by atoms with Crippen molar-refractivity contribution in [2.24, 2.45) is 0 Å². The third-order valence-electron chi connectivity index (χ3n) is 3.03. The molecule has 5 heteroatoms. The lowest BCUT2D eigenvalue weighted by molar-refractivity contribution is -0.131. The summed E-state index contributed by atoms with van der Waals surface area (Å²) < 4.78 is 5.44. The minimum atomic E-state index is -1.01. The number of amides is 1. The topological polar surface area (TPSA) is 66.8 Å². The molecule has 110 valence electrons. The molecule has 1 amide bonds. The molecule has 1 aromatic carbocycles. The van der Waals surface area contributed by atoms with Crippen LogP contribution in [0.4, 0.5) is 0 Å². The van der Waals surface area contributed by atoms with Crippen LogP contribution >= 0.6 is 0 Å². The zero-order valence-corrected chi connectivity index (χ0v) is 12.0. The maximum atomic E-state index is 11.8. The SMILES string of the molecule is CCN(CC)C(=O)CCCOc1ccccc1C(=O)O. The third-order valence-corrected chi connectivity index (χ3v) is 3.03. The number of hydrogen-bond donors (Lipinski definition) is 1. The maximum Gasteiger partial charge on any atom is 0.339 e. The molecule has 1 N–H and O–H groups in total. The zero-order chi connectivity index (χ0) is 15.0. The molecule has 0 saturated heterocycles. The molecular weight excluding hydrogens is 258 g/mol. The Morgan fingerprint density at radius 3 is 2.45 bits per heavy atom. The minimum Gasteiger partial charge on any atom is -0.493 e. The lowest BCUT2D eigenvalue weighted by atomic mass is 10.2. The van der Waals surface area contributed by atoms with Gasteiger partial charge in [-0.2, -0.15) is 0 Å². The van der Waals surface area contributed by atoms with Gasteiger partial charge in [0.05, 0.1) is 6.61 Å². The summed E-state index contributed by atoms with van der Waals surface area (Å²) in [5.74, 6) is -0.569. The van der Waals surface area contributed by atoms with Crippen molar-refractivity contribution in [3.8, 4) is 5.75 Å².